The number of nitrogens with zero attached hydrogens (tertiary/aromatic N) is 3. The normalized spacial score (nSPS) is 16.7. The van der Waals surface area contributed by atoms with E-state index in [0.717, 1.165) is 27.1 Å². The molecule has 4 nitrogen and oxygen atoms in total. The van der Waals surface area contributed by atoms with E-state index in [1.54, 1.807) is 18.0 Å². The Labute approximate surface area is 199 Å². The van der Waals surface area contributed by atoms with E-state index in [4.69, 9.17) is 11.6 Å². The molecule has 1 saturated heterocycles. The van der Waals surface area contributed by atoms with Crippen molar-refractivity contribution in [2.75, 3.05) is 7.05 Å². The maximum atomic E-state index is 12.9. The molecule has 0 spiro atoms. The fourth-order valence-corrected chi connectivity index (χ4v) is 4.98. The Bertz CT molecular complexity index is 1260. The van der Waals surface area contributed by atoms with Crippen molar-refractivity contribution >= 4 is 62.1 Å². The van der Waals surface area contributed by atoms with Gasteiger partial charge >= 0.3 is 0 Å². The van der Waals surface area contributed by atoms with Crippen LogP contribution in [0.5, 0.6) is 0 Å². The molecule has 0 aliphatic carbocycles. The number of aryl methyl sites for hydroxylation is 2. The summed E-state index contributed by atoms with van der Waals surface area (Å²) in [6.07, 6.45) is 1.96. The molecule has 3 aromatic rings. The van der Waals surface area contributed by atoms with E-state index < -0.39 is 0 Å². The van der Waals surface area contributed by atoms with Crippen molar-refractivity contribution in [3.63, 3.8) is 0 Å². The number of carbonyl (C=O) groups is 1. The van der Waals surface area contributed by atoms with E-state index in [1.165, 1.54) is 17.3 Å². The molecule has 31 heavy (non-hydrogen) atoms. The van der Waals surface area contributed by atoms with Gasteiger partial charge in [0.05, 0.1) is 15.6 Å². The third-order valence-corrected chi connectivity index (χ3v) is 7.54. The first-order valence-corrected chi connectivity index (χ1v) is 11.7. The maximum Gasteiger partial charge on any atom is 0.266 e. The van der Waals surface area contributed by atoms with Crippen LogP contribution < -0.4 is 0 Å². The molecule has 0 N–H and O–H groups in total. The number of thioether (sulfide) groups is 1. The second-order valence-electron chi connectivity index (χ2n) is 7.42. The minimum Gasteiger partial charge on any atom is -0.318 e. The highest BCUT2D eigenvalue weighted by atomic mass is 79.9. The second kappa shape index (κ2) is 8.69. The van der Waals surface area contributed by atoms with Crippen LogP contribution in [-0.2, 0) is 4.79 Å². The predicted molar refractivity (Wildman–Crippen MR) is 135 cm³/mol. The minimum absolute atomic E-state index is 0.0624. The summed E-state index contributed by atoms with van der Waals surface area (Å²) in [6, 6.07) is 15.9. The van der Waals surface area contributed by atoms with E-state index in [1.807, 2.05) is 30.3 Å². The van der Waals surface area contributed by atoms with Gasteiger partial charge in [-0.3, -0.25) is 9.69 Å². The predicted octanol–water partition coefficient (Wildman–Crippen LogP) is 7.05. The molecule has 0 bridgehead atoms. The molecule has 0 atom stereocenters. The van der Waals surface area contributed by atoms with Gasteiger partial charge in [0, 0.05) is 28.6 Å². The summed E-state index contributed by atoms with van der Waals surface area (Å²) in [5, 5.41) is 1.21. The molecule has 2 heterocycles. The highest BCUT2D eigenvalue weighted by Crippen LogP contribution is 2.35. The summed E-state index contributed by atoms with van der Waals surface area (Å²) < 4.78 is 3.04. The number of aromatic nitrogens is 1. The van der Waals surface area contributed by atoms with Crippen molar-refractivity contribution in [2.45, 2.75) is 20.8 Å². The average molecular weight is 515 g/mol. The minimum atomic E-state index is -0.0624. The van der Waals surface area contributed by atoms with Gasteiger partial charge in [0.25, 0.3) is 5.91 Å². The van der Waals surface area contributed by atoms with E-state index in [-0.39, 0.29) is 5.91 Å². The van der Waals surface area contributed by atoms with Crippen LogP contribution in [0.1, 0.15) is 22.5 Å². The number of rotatable bonds is 3. The van der Waals surface area contributed by atoms with Crippen LogP contribution in [0.25, 0.3) is 11.8 Å². The number of carbonyl (C=O) groups excluding carboxylic acids is 1. The van der Waals surface area contributed by atoms with Crippen molar-refractivity contribution in [2.24, 2.45) is 4.99 Å². The number of benzene rings is 2. The number of hydrogen-bond acceptors (Lipinski definition) is 3. The first-order valence-electron chi connectivity index (χ1n) is 9.72. The van der Waals surface area contributed by atoms with Crippen LogP contribution in [-0.4, -0.2) is 27.6 Å². The molecular weight excluding hydrogens is 494 g/mol. The third-order valence-electron chi connectivity index (χ3n) is 5.24. The van der Waals surface area contributed by atoms with Gasteiger partial charge < -0.3 is 4.57 Å². The Kier molecular flexibility index (Phi) is 6.15. The summed E-state index contributed by atoms with van der Waals surface area (Å²) in [5.41, 5.74) is 6.31. The molecule has 7 heteroatoms. The smallest absolute Gasteiger partial charge is 0.266 e. The fraction of sp³-hybridized carbons (Fsp3) is 0.167. The number of amides is 1. The summed E-state index contributed by atoms with van der Waals surface area (Å²) >= 11 is 10.9. The first kappa shape index (κ1) is 21.9. The number of amidine groups is 1. The molecule has 1 aliphatic rings. The van der Waals surface area contributed by atoms with Crippen LogP contribution in [0.4, 0.5) is 5.69 Å². The maximum absolute atomic E-state index is 12.9. The molecule has 0 radical (unpaired) electrons. The second-order valence-corrected chi connectivity index (χ2v) is 9.69. The van der Waals surface area contributed by atoms with Crippen molar-refractivity contribution in [1.29, 1.82) is 0 Å². The van der Waals surface area contributed by atoms with Crippen LogP contribution in [0.2, 0.25) is 5.02 Å². The number of likely N-dealkylation sites (N-methyl/N-ethyl adjacent to an activating group) is 1. The molecule has 0 unspecified atom stereocenters. The Morgan fingerprint density at radius 2 is 1.84 bits per heavy atom. The van der Waals surface area contributed by atoms with Crippen molar-refractivity contribution in [3.8, 4) is 5.69 Å². The van der Waals surface area contributed by atoms with Gasteiger partial charge in [-0.1, -0.05) is 29.8 Å². The molecule has 2 aromatic carbocycles. The Balaban J connectivity index is 1.69. The Morgan fingerprint density at radius 3 is 2.55 bits per heavy atom. The molecule has 1 amide bonds. The Morgan fingerprint density at radius 1 is 1.10 bits per heavy atom. The zero-order valence-corrected chi connectivity index (χ0v) is 20.8. The van der Waals surface area contributed by atoms with E-state index in [2.05, 4.69) is 64.5 Å². The number of para-hydroxylation sites is 1. The van der Waals surface area contributed by atoms with Crippen molar-refractivity contribution < 1.29 is 4.79 Å². The van der Waals surface area contributed by atoms with Gasteiger partial charge in [-0.05, 0) is 96.0 Å². The molecule has 1 fully saturated rings. The van der Waals surface area contributed by atoms with Crippen LogP contribution >= 0.6 is 39.3 Å². The largest absolute Gasteiger partial charge is 0.318 e. The lowest BCUT2D eigenvalue weighted by Crippen LogP contribution is -2.23. The van der Waals surface area contributed by atoms with E-state index in [9.17, 15) is 4.79 Å². The molecule has 1 aromatic heterocycles. The van der Waals surface area contributed by atoms with Crippen LogP contribution in [0.3, 0.4) is 0 Å². The summed E-state index contributed by atoms with van der Waals surface area (Å²) in [5.74, 6) is -0.0624. The summed E-state index contributed by atoms with van der Waals surface area (Å²) in [4.78, 5) is 19.7. The van der Waals surface area contributed by atoms with Crippen molar-refractivity contribution in [3.05, 3.63) is 85.4 Å². The SMILES string of the molecule is Cc1ccccc1-n1c(C)cc(/C=C2\SC(=Nc3ccc(Br)c(Cl)c3)N(C)C2=O)c1C. The quantitative estimate of drug-likeness (QED) is 0.351. The van der Waals surface area contributed by atoms with Gasteiger partial charge in [-0.15, -0.1) is 0 Å². The lowest BCUT2D eigenvalue weighted by molar-refractivity contribution is -0.121. The van der Waals surface area contributed by atoms with Crippen LogP contribution in [0, 0.1) is 20.8 Å². The lowest BCUT2D eigenvalue weighted by Gasteiger charge is -2.12. The first-order chi connectivity index (χ1) is 14.8. The molecule has 158 valence electrons. The standard InChI is InChI=1S/C24H21BrClN3OS/c1-14-7-5-6-8-21(14)29-15(2)11-17(16(29)3)12-22-23(30)28(4)24(31-22)27-18-9-10-19(25)20(26)13-18/h5-13H,1-4H3/b22-12-,27-24?. The fourth-order valence-electron chi connectivity index (χ4n) is 3.58. The number of halogens is 2. The highest BCUT2D eigenvalue weighted by Gasteiger charge is 2.30. The molecular formula is C24H21BrClN3OS. The van der Waals surface area contributed by atoms with Crippen LogP contribution in [0.15, 0.2) is 62.9 Å². The summed E-state index contributed by atoms with van der Waals surface area (Å²) in [7, 11) is 1.74. The monoisotopic (exact) mass is 513 g/mol. The summed E-state index contributed by atoms with van der Waals surface area (Å²) in [6.45, 7) is 6.27. The van der Waals surface area contributed by atoms with Gasteiger partial charge in [-0.2, -0.15) is 0 Å². The van der Waals surface area contributed by atoms with Gasteiger partial charge in [0.15, 0.2) is 5.17 Å². The van der Waals surface area contributed by atoms with E-state index >= 15 is 0 Å². The van der Waals surface area contributed by atoms with E-state index in [0.29, 0.717) is 20.8 Å². The van der Waals surface area contributed by atoms with Gasteiger partial charge in [0.2, 0.25) is 0 Å². The number of aliphatic imine (C=N–C) groups is 1. The molecule has 4 rings (SSSR count). The number of hydrogen-bond donors (Lipinski definition) is 0. The van der Waals surface area contributed by atoms with Gasteiger partial charge in [0.1, 0.15) is 0 Å². The zero-order chi connectivity index (χ0) is 22.3. The molecule has 0 saturated carbocycles. The topological polar surface area (TPSA) is 37.6 Å². The molecule has 1 aliphatic heterocycles. The third kappa shape index (κ3) is 4.25. The highest BCUT2D eigenvalue weighted by molar-refractivity contribution is 9.10. The average Bonchev–Trinajstić information content (AvgIpc) is 3.15. The zero-order valence-electron chi connectivity index (χ0n) is 17.6. The van der Waals surface area contributed by atoms with Crippen molar-refractivity contribution in [1.82, 2.24) is 9.47 Å². The van der Waals surface area contributed by atoms with Gasteiger partial charge in [-0.25, -0.2) is 4.99 Å². The lowest BCUT2D eigenvalue weighted by atomic mass is 10.2. The Hall–Kier alpha value is -2.28.